The largest absolute Gasteiger partial charge is 0.377 e. The molecule has 0 saturated heterocycles. The molecule has 3 N–H and O–H groups in total. The molecule has 1 heterocycles. The summed E-state index contributed by atoms with van der Waals surface area (Å²) in [5.74, 6) is 0. The number of aryl methyl sites for hydroxylation is 1. The Morgan fingerprint density at radius 2 is 1.80 bits per heavy atom. The Hall–Kier alpha value is -1.92. The van der Waals surface area contributed by atoms with Crippen LogP contribution in [0.5, 0.6) is 0 Å². The predicted molar refractivity (Wildman–Crippen MR) is 78.8 cm³/mol. The Balaban J connectivity index is 2.13. The van der Waals surface area contributed by atoms with Gasteiger partial charge in [0.25, 0.3) is 0 Å². The molecule has 2 aromatic rings. The van der Waals surface area contributed by atoms with E-state index in [9.17, 15) is 8.42 Å². The van der Waals surface area contributed by atoms with Crippen molar-refractivity contribution in [2.24, 2.45) is 5.14 Å². The minimum atomic E-state index is -3.64. The minimum Gasteiger partial charge on any atom is -0.377 e. The number of sulfonamides is 1. The van der Waals surface area contributed by atoms with E-state index in [2.05, 4.69) is 10.3 Å². The average Bonchev–Trinajstić information content (AvgIpc) is 2.40. The highest BCUT2D eigenvalue weighted by Crippen LogP contribution is 2.20. The summed E-state index contributed by atoms with van der Waals surface area (Å²) in [6.07, 6.45) is 1.77. The summed E-state index contributed by atoms with van der Waals surface area (Å²) in [7, 11) is -3.64. The second-order valence-electron chi connectivity index (χ2n) is 4.67. The molecule has 0 saturated carbocycles. The summed E-state index contributed by atoms with van der Waals surface area (Å²) in [5.41, 5.74) is 2.84. The number of primary sulfonamides is 1. The van der Waals surface area contributed by atoms with Gasteiger partial charge in [0.1, 0.15) is 0 Å². The first-order chi connectivity index (χ1) is 9.36. The highest BCUT2D eigenvalue weighted by atomic mass is 32.2. The summed E-state index contributed by atoms with van der Waals surface area (Å²) >= 11 is 0. The number of nitrogens with zero attached hydrogens (tertiary/aromatic N) is 1. The molecular formula is C14H17N3O2S. The Labute approximate surface area is 118 Å². The van der Waals surface area contributed by atoms with Crippen LogP contribution < -0.4 is 10.5 Å². The molecule has 1 aromatic carbocycles. The van der Waals surface area contributed by atoms with E-state index in [0.29, 0.717) is 0 Å². The third-order valence-corrected chi connectivity index (χ3v) is 3.93. The number of rotatable bonds is 4. The van der Waals surface area contributed by atoms with Gasteiger partial charge < -0.3 is 5.32 Å². The molecule has 5 nitrogen and oxygen atoms in total. The lowest BCUT2D eigenvalue weighted by Gasteiger charge is -2.15. The smallest absolute Gasteiger partial charge is 0.238 e. The van der Waals surface area contributed by atoms with E-state index >= 15 is 0 Å². The zero-order valence-corrected chi connectivity index (χ0v) is 12.2. The maximum absolute atomic E-state index is 11.2. The normalized spacial score (nSPS) is 12.9. The van der Waals surface area contributed by atoms with Crippen LogP contribution in [-0.2, 0) is 10.0 Å². The standard InChI is InChI=1S/C14H17N3O2S/c1-10-3-6-13(9-16-10)17-11(2)12-4-7-14(8-5-12)20(15,18)19/h3-9,11,17H,1-2H3,(H2,15,18,19). The van der Waals surface area contributed by atoms with Crippen molar-refractivity contribution in [1.82, 2.24) is 4.98 Å². The van der Waals surface area contributed by atoms with Gasteiger partial charge in [0, 0.05) is 11.7 Å². The molecule has 0 bridgehead atoms. The second kappa shape index (κ2) is 5.60. The molecule has 0 radical (unpaired) electrons. The van der Waals surface area contributed by atoms with Crippen LogP contribution in [0.2, 0.25) is 0 Å². The number of hydrogen-bond acceptors (Lipinski definition) is 4. The van der Waals surface area contributed by atoms with Gasteiger partial charge in [0.2, 0.25) is 10.0 Å². The lowest BCUT2D eigenvalue weighted by atomic mass is 10.1. The maximum Gasteiger partial charge on any atom is 0.238 e. The molecule has 20 heavy (non-hydrogen) atoms. The second-order valence-corrected chi connectivity index (χ2v) is 6.23. The molecule has 0 fully saturated rings. The SMILES string of the molecule is Cc1ccc(NC(C)c2ccc(S(N)(=O)=O)cc2)cn1. The van der Waals surface area contributed by atoms with E-state index < -0.39 is 10.0 Å². The number of benzene rings is 1. The van der Waals surface area contributed by atoms with Crippen LogP contribution in [0.3, 0.4) is 0 Å². The fourth-order valence-electron chi connectivity index (χ4n) is 1.83. The zero-order chi connectivity index (χ0) is 14.8. The van der Waals surface area contributed by atoms with E-state index in [1.807, 2.05) is 26.0 Å². The molecule has 2 rings (SSSR count). The van der Waals surface area contributed by atoms with E-state index in [1.54, 1.807) is 18.3 Å². The van der Waals surface area contributed by atoms with E-state index in [4.69, 9.17) is 5.14 Å². The fraction of sp³-hybridized carbons (Fsp3) is 0.214. The quantitative estimate of drug-likeness (QED) is 0.904. The lowest BCUT2D eigenvalue weighted by molar-refractivity contribution is 0.597. The monoisotopic (exact) mass is 291 g/mol. The predicted octanol–water partition coefficient (Wildman–Crippen LogP) is 2.21. The van der Waals surface area contributed by atoms with Gasteiger partial charge in [-0.1, -0.05) is 12.1 Å². The summed E-state index contributed by atoms with van der Waals surface area (Å²) in [6, 6.07) is 10.4. The van der Waals surface area contributed by atoms with Gasteiger partial charge in [-0.15, -0.1) is 0 Å². The molecule has 0 aliphatic carbocycles. The minimum absolute atomic E-state index is 0.0361. The van der Waals surface area contributed by atoms with Crippen LogP contribution in [-0.4, -0.2) is 13.4 Å². The first-order valence-corrected chi connectivity index (χ1v) is 7.73. The molecule has 6 heteroatoms. The van der Waals surface area contributed by atoms with Crippen molar-refractivity contribution in [3.05, 3.63) is 53.9 Å². The molecule has 106 valence electrons. The number of pyridine rings is 1. The van der Waals surface area contributed by atoms with Gasteiger partial charge in [-0.25, -0.2) is 13.6 Å². The van der Waals surface area contributed by atoms with Crippen molar-refractivity contribution in [1.29, 1.82) is 0 Å². The van der Waals surface area contributed by atoms with Gasteiger partial charge in [0.15, 0.2) is 0 Å². The average molecular weight is 291 g/mol. The van der Waals surface area contributed by atoms with Crippen LogP contribution in [0.4, 0.5) is 5.69 Å². The summed E-state index contributed by atoms with van der Waals surface area (Å²) in [6.45, 7) is 3.92. The first-order valence-electron chi connectivity index (χ1n) is 6.18. The summed E-state index contributed by atoms with van der Waals surface area (Å²) < 4.78 is 22.4. The van der Waals surface area contributed by atoms with E-state index in [-0.39, 0.29) is 10.9 Å². The topological polar surface area (TPSA) is 85.1 Å². The van der Waals surface area contributed by atoms with Gasteiger partial charge in [0.05, 0.1) is 16.8 Å². The van der Waals surface area contributed by atoms with Crippen molar-refractivity contribution in [2.75, 3.05) is 5.32 Å². The Morgan fingerprint density at radius 1 is 1.15 bits per heavy atom. The van der Waals surface area contributed by atoms with Crippen LogP contribution in [0.1, 0.15) is 24.2 Å². The highest BCUT2D eigenvalue weighted by Gasteiger charge is 2.10. The van der Waals surface area contributed by atoms with Crippen molar-refractivity contribution in [3.8, 4) is 0 Å². The number of nitrogens with two attached hydrogens (primary N) is 1. The summed E-state index contributed by atoms with van der Waals surface area (Å²) in [5, 5.41) is 8.37. The van der Waals surface area contributed by atoms with Crippen LogP contribution >= 0.6 is 0 Å². The van der Waals surface area contributed by atoms with Crippen LogP contribution in [0.25, 0.3) is 0 Å². The lowest BCUT2D eigenvalue weighted by Crippen LogP contribution is -2.12. The van der Waals surface area contributed by atoms with Gasteiger partial charge in [-0.05, 0) is 43.7 Å². The molecule has 0 spiro atoms. The van der Waals surface area contributed by atoms with Crippen molar-refractivity contribution < 1.29 is 8.42 Å². The molecule has 0 aliphatic rings. The van der Waals surface area contributed by atoms with Crippen molar-refractivity contribution in [2.45, 2.75) is 24.8 Å². The summed E-state index contributed by atoms with van der Waals surface area (Å²) in [4.78, 5) is 4.33. The first kappa shape index (κ1) is 14.5. The molecular weight excluding hydrogens is 274 g/mol. The number of hydrogen-bond donors (Lipinski definition) is 2. The van der Waals surface area contributed by atoms with E-state index in [0.717, 1.165) is 16.9 Å². The maximum atomic E-state index is 11.2. The number of nitrogens with one attached hydrogen (secondary N) is 1. The van der Waals surface area contributed by atoms with Crippen LogP contribution in [0.15, 0.2) is 47.5 Å². The number of anilines is 1. The Kier molecular flexibility index (Phi) is 4.06. The van der Waals surface area contributed by atoms with Crippen LogP contribution in [0, 0.1) is 6.92 Å². The van der Waals surface area contributed by atoms with Crippen molar-refractivity contribution in [3.63, 3.8) is 0 Å². The molecule has 0 aliphatic heterocycles. The number of aromatic nitrogens is 1. The molecule has 1 aromatic heterocycles. The van der Waals surface area contributed by atoms with Gasteiger partial charge >= 0.3 is 0 Å². The molecule has 0 amide bonds. The highest BCUT2D eigenvalue weighted by molar-refractivity contribution is 7.89. The zero-order valence-electron chi connectivity index (χ0n) is 11.4. The third kappa shape index (κ3) is 3.55. The fourth-order valence-corrected chi connectivity index (χ4v) is 2.35. The molecule has 1 unspecified atom stereocenters. The third-order valence-electron chi connectivity index (χ3n) is 3.00. The van der Waals surface area contributed by atoms with E-state index in [1.165, 1.54) is 12.1 Å². The van der Waals surface area contributed by atoms with Gasteiger partial charge in [-0.2, -0.15) is 0 Å². The van der Waals surface area contributed by atoms with Crippen molar-refractivity contribution >= 4 is 15.7 Å². The Morgan fingerprint density at radius 3 is 2.30 bits per heavy atom. The van der Waals surface area contributed by atoms with Gasteiger partial charge in [-0.3, -0.25) is 4.98 Å². The Bertz CT molecular complexity index is 679. The molecule has 1 atom stereocenters.